The Kier molecular flexibility index (Phi) is 7.05. The van der Waals surface area contributed by atoms with Crippen LogP contribution in [0.5, 0.6) is 0 Å². The molecule has 0 unspecified atom stereocenters. The molecule has 1 rings (SSSR count). The summed E-state index contributed by atoms with van der Waals surface area (Å²) in [6, 6.07) is 5.27. The van der Waals surface area contributed by atoms with Gasteiger partial charge in [-0.05, 0) is 24.1 Å². The molecule has 0 aliphatic carbocycles. The number of aliphatic hydroxyl groups is 1. The molecule has 0 saturated carbocycles. The SMILES string of the molecule is O=C(CNC(=O)NCc1ccc(F)cc1)NCCCO. The number of halogens is 1. The van der Waals surface area contributed by atoms with Crippen LogP contribution in [-0.4, -0.2) is 36.7 Å². The van der Waals surface area contributed by atoms with Crippen LogP contribution in [0.4, 0.5) is 9.18 Å². The standard InChI is InChI=1S/C13H18FN3O3/c14-11-4-2-10(3-5-11)8-16-13(20)17-9-12(19)15-6-1-7-18/h2-5,18H,1,6-9H2,(H,15,19)(H2,16,17,20). The number of amides is 3. The van der Waals surface area contributed by atoms with Gasteiger partial charge in [0.25, 0.3) is 0 Å². The summed E-state index contributed by atoms with van der Waals surface area (Å²) in [5.41, 5.74) is 0.758. The molecular formula is C13H18FN3O3. The van der Waals surface area contributed by atoms with E-state index in [1.165, 1.54) is 12.1 Å². The molecule has 3 amide bonds. The molecule has 0 aromatic heterocycles. The second-order valence-corrected chi connectivity index (χ2v) is 4.09. The van der Waals surface area contributed by atoms with Crippen LogP contribution in [0, 0.1) is 5.82 Å². The third-order valence-corrected chi connectivity index (χ3v) is 2.43. The summed E-state index contributed by atoms with van der Waals surface area (Å²) < 4.78 is 12.7. The summed E-state index contributed by atoms with van der Waals surface area (Å²) in [5, 5.41) is 16.0. The van der Waals surface area contributed by atoms with E-state index in [9.17, 15) is 14.0 Å². The number of urea groups is 1. The topological polar surface area (TPSA) is 90.5 Å². The van der Waals surface area contributed by atoms with Gasteiger partial charge in [-0.3, -0.25) is 4.79 Å². The van der Waals surface area contributed by atoms with Crippen LogP contribution < -0.4 is 16.0 Å². The summed E-state index contributed by atoms with van der Waals surface area (Å²) in [6.07, 6.45) is 0.475. The Hall–Kier alpha value is -2.15. The van der Waals surface area contributed by atoms with Crippen LogP contribution in [0.1, 0.15) is 12.0 Å². The van der Waals surface area contributed by atoms with Crippen molar-refractivity contribution in [3.8, 4) is 0 Å². The molecule has 0 saturated heterocycles. The van der Waals surface area contributed by atoms with Crippen molar-refractivity contribution >= 4 is 11.9 Å². The van der Waals surface area contributed by atoms with Crippen LogP contribution in [-0.2, 0) is 11.3 Å². The van der Waals surface area contributed by atoms with Gasteiger partial charge in [-0.25, -0.2) is 9.18 Å². The summed E-state index contributed by atoms with van der Waals surface area (Å²) in [7, 11) is 0. The summed E-state index contributed by atoms with van der Waals surface area (Å²) in [5.74, 6) is -0.659. The van der Waals surface area contributed by atoms with E-state index < -0.39 is 6.03 Å². The second-order valence-electron chi connectivity index (χ2n) is 4.09. The van der Waals surface area contributed by atoms with E-state index in [0.29, 0.717) is 13.0 Å². The number of carbonyl (C=O) groups excluding carboxylic acids is 2. The smallest absolute Gasteiger partial charge is 0.315 e. The third kappa shape index (κ3) is 6.69. The molecule has 20 heavy (non-hydrogen) atoms. The number of rotatable bonds is 7. The molecule has 0 fully saturated rings. The van der Waals surface area contributed by atoms with Crippen molar-refractivity contribution in [3.05, 3.63) is 35.6 Å². The van der Waals surface area contributed by atoms with E-state index in [4.69, 9.17) is 5.11 Å². The molecule has 1 aromatic rings. The molecule has 0 spiro atoms. The highest BCUT2D eigenvalue weighted by atomic mass is 19.1. The van der Waals surface area contributed by atoms with Crippen molar-refractivity contribution in [3.63, 3.8) is 0 Å². The van der Waals surface area contributed by atoms with Gasteiger partial charge in [-0.2, -0.15) is 0 Å². The Morgan fingerprint density at radius 1 is 1.10 bits per heavy atom. The number of hydrogen-bond acceptors (Lipinski definition) is 3. The Morgan fingerprint density at radius 3 is 2.45 bits per heavy atom. The highest BCUT2D eigenvalue weighted by molar-refractivity contribution is 5.83. The minimum absolute atomic E-state index is 0.00582. The fourth-order valence-electron chi connectivity index (χ4n) is 1.38. The maximum Gasteiger partial charge on any atom is 0.315 e. The lowest BCUT2D eigenvalue weighted by atomic mass is 10.2. The number of nitrogens with one attached hydrogen (secondary N) is 3. The lowest BCUT2D eigenvalue weighted by Gasteiger charge is -2.08. The molecule has 0 radical (unpaired) electrons. The Bertz CT molecular complexity index is 437. The highest BCUT2D eigenvalue weighted by Gasteiger charge is 2.04. The highest BCUT2D eigenvalue weighted by Crippen LogP contribution is 2.01. The van der Waals surface area contributed by atoms with Crippen molar-refractivity contribution in [1.29, 1.82) is 0 Å². The third-order valence-electron chi connectivity index (χ3n) is 2.43. The van der Waals surface area contributed by atoms with Crippen molar-refractivity contribution in [2.24, 2.45) is 0 Å². The predicted molar refractivity (Wildman–Crippen MR) is 71.4 cm³/mol. The average molecular weight is 283 g/mol. The van der Waals surface area contributed by atoms with Gasteiger partial charge >= 0.3 is 6.03 Å². The van der Waals surface area contributed by atoms with E-state index >= 15 is 0 Å². The van der Waals surface area contributed by atoms with Gasteiger partial charge in [0.1, 0.15) is 5.82 Å². The van der Waals surface area contributed by atoms with E-state index in [-0.39, 0.29) is 31.4 Å². The normalized spacial score (nSPS) is 9.90. The first-order chi connectivity index (χ1) is 9.61. The van der Waals surface area contributed by atoms with Gasteiger partial charge in [0.2, 0.25) is 5.91 Å². The van der Waals surface area contributed by atoms with E-state index in [0.717, 1.165) is 5.56 Å². The van der Waals surface area contributed by atoms with Gasteiger partial charge in [0.15, 0.2) is 0 Å². The molecule has 0 bridgehead atoms. The Balaban J connectivity index is 2.17. The first-order valence-electron chi connectivity index (χ1n) is 6.25. The van der Waals surface area contributed by atoms with E-state index in [2.05, 4.69) is 16.0 Å². The minimum atomic E-state index is -0.480. The van der Waals surface area contributed by atoms with E-state index in [1.54, 1.807) is 12.1 Å². The maximum atomic E-state index is 12.7. The Morgan fingerprint density at radius 2 is 1.80 bits per heavy atom. The van der Waals surface area contributed by atoms with Crippen LogP contribution >= 0.6 is 0 Å². The quantitative estimate of drug-likeness (QED) is 0.536. The zero-order valence-electron chi connectivity index (χ0n) is 11.0. The first kappa shape index (κ1) is 15.9. The van der Waals surface area contributed by atoms with Crippen LogP contribution in [0.3, 0.4) is 0 Å². The fourth-order valence-corrected chi connectivity index (χ4v) is 1.38. The van der Waals surface area contributed by atoms with Crippen LogP contribution in [0.2, 0.25) is 0 Å². The minimum Gasteiger partial charge on any atom is -0.396 e. The predicted octanol–water partition coefficient (Wildman–Crippen LogP) is 0.124. The lowest BCUT2D eigenvalue weighted by molar-refractivity contribution is -0.120. The molecule has 0 heterocycles. The molecule has 110 valence electrons. The summed E-state index contributed by atoms with van der Waals surface area (Å²) in [6.45, 7) is 0.485. The fraction of sp³-hybridized carbons (Fsp3) is 0.385. The summed E-state index contributed by atoms with van der Waals surface area (Å²) in [4.78, 5) is 22.7. The van der Waals surface area contributed by atoms with Gasteiger partial charge in [0, 0.05) is 19.7 Å². The Labute approximate surface area is 116 Å². The van der Waals surface area contributed by atoms with Crippen molar-refractivity contribution < 1.29 is 19.1 Å². The zero-order valence-corrected chi connectivity index (χ0v) is 11.0. The summed E-state index contributed by atoms with van der Waals surface area (Å²) >= 11 is 0. The van der Waals surface area contributed by atoms with Crippen molar-refractivity contribution in [2.75, 3.05) is 19.7 Å². The van der Waals surface area contributed by atoms with Crippen molar-refractivity contribution in [1.82, 2.24) is 16.0 Å². The molecular weight excluding hydrogens is 265 g/mol. The number of aliphatic hydroxyl groups excluding tert-OH is 1. The lowest BCUT2D eigenvalue weighted by Crippen LogP contribution is -2.42. The van der Waals surface area contributed by atoms with Gasteiger partial charge in [-0.15, -0.1) is 0 Å². The molecule has 7 heteroatoms. The zero-order chi connectivity index (χ0) is 14.8. The van der Waals surface area contributed by atoms with Gasteiger partial charge < -0.3 is 21.1 Å². The largest absolute Gasteiger partial charge is 0.396 e. The second kappa shape index (κ2) is 8.87. The van der Waals surface area contributed by atoms with Gasteiger partial charge in [0.05, 0.1) is 6.54 Å². The number of carbonyl (C=O) groups is 2. The first-order valence-corrected chi connectivity index (χ1v) is 6.25. The molecule has 0 aliphatic heterocycles. The molecule has 0 atom stereocenters. The molecule has 0 aliphatic rings. The number of hydrogen-bond donors (Lipinski definition) is 4. The number of benzene rings is 1. The monoisotopic (exact) mass is 283 g/mol. The average Bonchev–Trinajstić information content (AvgIpc) is 2.45. The van der Waals surface area contributed by atoms with Crippen molar-refractivity contribution in [2.45, 2.75) is 13.0 Å². The molecule has 1 aromatic carbocycles. The molecule has 6 nitrogen and oxygen atoms in total. The van der Waals surface area contributed by atoms with Crippen LogP contribution in [0.15, 0.2) is 24.3 Å². The van der Waals surface area contributed by atoms with Gasteiger partial charge in [-0.1, -0.05) is 12.1 Å². The maximum absolute atomic E-state index is 12.7. The van der Waals surface area contributed by atoms with E-state index in [1.807, 2.05) is 0 Å². The molecule has 4 N–H and O–H groups in total. The van der Waals surface area contributed by atoms with Crippen LogP contribution in [0.25, 0.3) is 0 Å².